The highest BCUT2D eigenvalue weighted by atomic mass is 16.5. The van der Waals surface area contributed by atoms with E-state index in [0.717, 1.165) is 24.9 Å². The van der Waals surface area contributed by atoms with Crippen LogP contribution in [0.4, 0.5) is 10.5 Å². The highest BCUT2D eigenvalue weighted by Gasteiger charge is 2.29. The quantitative estimate of drug-likeness (QED) is 0.880. The number of hydrogen-bond acceptors (Lipinski definition) is 3. The van der Waals surface area contributed by atoms with Crippen LogP contribution in [0.5, 0.6) is 0 Å². The van der Waals surface area contributed by atoms with Gasteiger partial charge in [0, 0.05) is 24.7 Å². The third-order valence-electron chi connectivity index (χ3n) is 4.74. The number of morpholine rings is 1. The average molecular weight is 345 g/mol. The van der Waals surface area contributed by atoms with Gasteiger partial charge in [0.25, 0.3) is 0 Å². The van der Waals surface area contributed by atoms with E-state index in [1.54, 1.807) is 4.90 Å². The summed E-state index contributed by atoms with van der Waals surface area (Å²) < 4.78 is 5.49. The highest BCUT2D eigenvalue weighted by Crippen LogP contribution is 2.29. The molecular weight excluding hydrogens is 318 g/mol. The SMILES string of the molecule is CC(C)NC(=O)N1CCOC[C@H]1CC(=O)Nc1cccc2c1CCC2. The van der Waals surface area contributed by atoms with Crippen molar-refractivity contribution in [3.63, 3.8) is 0 Å². The summed E-state index contributed by atoms with van der Waals surface area (Å²) >= 11 is 0. The Kier molecular flexibility index (Phi) is 5.58. The Morgan fingerprint density at radius 2 is 2.16 bits per heavy atom. The van der Waals surface area contributed by atoms with Gasteiger partial charge in [-0.2, -0.15) is 0 Å². The monoisotopic (exact) mass is 345 g/mol. The zero-order chi connectivity index (χ0) is 17.8. The first kappa shape index (κ1) is 17.7. The molecule has 25 heavy (non-hydrogen) atoms. The van der Waals surface area contributed by atoms with Gasteiger partial charge in [0.2, 0.25) is 5.91 Å². The number of hydrogen-bond donors (Lipinski definition) is 2. The van der Waals surface area contributed by atoms with Gasteiger partial charge in [-0.05, 0) is 50.3 Å². The fraction of sp³-hybridized carbons (Fsp3) is 0.579. The van der Waals surface area contributed by atoms with Crippen LogP contribution in [-0.4, -0.2) is 48.7 Å². The number of benzene rings is 1. The second-order valence-electron chi connectivity index (χ2n) is 7.08. The van der Waals surface area contributed by atoms with E-state index in [2.05, 4.69) is 16.7 Å². The van der Waals surface area contributed by atoms with Crippen molar-refractivity contribution < 1.29 is 14.3 Å². The van der Waals surface area contributed by atoms with Crippen molar-refractivity contribution in [1.29, 1.82) is 0 Å². The van der Waals surface area contributed by atoms with Crippen LogP contribution in [0.2, 0.25) is 0 Å². The summed E-state index contributed by atoms with van der Waals surface area (Å²) in [6.07, 6.45) is 3.48. The van der Waals surface area contributed by atoms with Crippen molar-refractivity contribution in [2.24, 2.45) is 0 Å². The van der Waals surface area contributed by atoms with Gasteiger partial charge in [0.15, 0.2) is 0 Å². The maximum absolute atomic E-state index is 12.5. The largest absolute Gasteiger partial charge is 0.377 e. The molecule has 1 aliphatic carbocycles. The van der Waals surface area contributed by atoms with Crippen molar-refractivity contribution in [1.82, 2.24) is 10.2 Å². The van der Waals surface area contributed by atoms with Crippen LogP contribution >= 0.6 is 0 Å². The Bertz CT molecular complexity index is 645. The smallest absolute Gasteiger partial charge is 0.318 e. The number of fused-ring (bicyclic) bond motifs is 1. The number of nitrogens with zero attached hydrogens (tertiary/aromatic N) is 1. The predicted molar refractivity (Wildman–Crippen MR) is 96.7 cm³/mol. The molecule has 1 aliphatic heterocycles. The fourth-order valence-electron chi connectivity index (χ4n) is 3.57. The highest BCUT2D eigenvalue weighted by molar-refractivity contribution is 5.92. The minimum Gasteiger partial charge on any atom is -0.377 e. The van der Waals surface area contributed by atoms with Crippen LogP contribution in [0, 0.1) is 0 Å². The molecular formula is C19H27N3O3. The van der Waals surface area contributed by atoms with Crippen LogP contribution in [0.25, 0.3) is 0 Å². The molecule has 6 nitrogen and oxygen atoms in total. The summed E-state index contributed by atoms with van der Waals surface area (Å²) in [5.74, 6) is -0.0712. The predicted octanol–water partition coefficient (Wildman–Crippen LogP) is 2.32. The van der Waals surface area contributed by atoms with E-state index in [1.807, 2.05) is 26.0 Å². The van der Waals surface area contributed by atoms with Crippen LogP contribution in [-0.2, 0) is 22.4 Å². The Morgan fingerprint density at radius 1 is 1.32 bits per heavy atom. The molecule has 1 atom stereocenters. The minimum absolute atomic E-state index is 0.0664. The lowest BCUT2D eigenvalue weighted by Gasteiger charge is -2.35. The topological polar surface area (TPSA) is 70.7 Å². The number of urea groups is 1. The van der Waals surface area contributed by atoms with Crippen molar-refractivity contribution >= 4 is 17.6 Å². The molecule has 0 radical (unpaired) electrons. The number of carbonyl (C=O) groups is 2. The van der Waals surface area contributed by atoms with Crippen molar-refractivity contribution in [2.45, 2.75) is 51.6 Å². The van der Waals surface area contributed by atoms with Crippen LogP contribution in [0.3, 0.4) is 0 Å². The van der Waals surface area contributed by atoms with E-state index >= 15 is 0 Å². The van der Waals surface area contributed by atoms with E-state index in [4.69, 9.17) is 4.74 Å². The first-order valence-electron chi connectivity index (χ1n) is 9.10. The van der Waals surface area contributed by atoms with Gasteiger partial charge in [-0.3, -0.25) is 4.79 Å². The molecule has 0 aromatic heterocycles. The third kappa shape index (κ3) is 4.31. The standard InChI is InChI=1S/C19H27N3O3/c1-13(2)20-19(24)22-9-10-25-12-15(22)11-18(23)21-17-8-4-6-14-5-3-7-16(14)17/h4,6,8,13,15H,3,5,7,9-12H2,1-2H3,(H,20,24)(H,21,23)/t15-/m1/s1. The molecule has 136 valence electrons. The molecule has 3 rings (SSSR count). The number of nitrogens with one attached hydrogen (secondary N) is 2. The van der Waals surface area contributed by atoms with E-state index < -0.39 is 0 Å². The lowest BCUT2D eigenvalue weighted by molar-refractivity contribution is -0.118. The lowest BCUT2D eigenvalue weighted by Crippen LogP contribution is -2.54. The van der Waals surface area contributed by atoms with E-state index in [9.17, 15) is 9.59 Å². The Labute approximate surface area is 148 Å². The molecule has 1 aromatic rings. The number of ether oxygens (including phenoxy) is 1. The minimum atomic E-state index is -0.232. The molecule has 3 amide bonds. The van der Waals surface area contributed by atoms with Crippen LogP contribution in [0.15, 0.2) is 18.2 Å². The number of aryl methyl sites for hydroxylation is 1. The molecule has 2 N–H and O–H groups in total. The molecule has 2 aliphatic rings. The zero-order valence-electron chi connectivity index (χ0n) is 15.0. The number of carbonyl (C=O) groups excluding carboxylic acids is 2. The summed E-state index contributed by atoms with van der Waals surface area (Å²) in [5.41, 5.74) is 3.50. The first-order chi connectivity index (χ1) is 12.0. The van der Waals surface area contributed by atoms with Gasteiger partial charge in [0.05, 0.1) is 19.3 Å². The second-order valence-corrected chi connectivity index (χ2v) is 7.08. The van der Waals surface area contributed by atoms with Crippen molar-refractivity contribution in [3.05, 3.63) is 29.3 Å². The zero-order valence-corrected chi connectivity index (χ0v) is 15.0. The van der Waals surface area contributed by atoms with Crippen molar-refractivity contribution in [3.8, 4) is 0 Å². The van der Waals surface area contributed by atoms with E-state index in [0.29, 0.717) is 19.8 Å². The Morgan fingerprint density at radius 3 is 2.96 bits per heavy atom. The third-order valence-corrected chi connectivity index (χ3v) is 4.74. The molecule has 1 saturated heterocycles. The number of amides is 3. The van der Waals surface area contributed by atoms with Gasteiger partial charge in [-0.25, -0.2) is 4.79 Å². The first-order valence-corrected chi connectivity index (χ1v) is 9.10. The summed E-state index contributed by atoms with van der Waals surface area (Å²) in [6, 6.07) is 5.79. The summed E-state index contributed by atoms with van der Waals surface area (Å²) in [4.78, 5) is 26.6. The molecule has 1 aromatic carbocycles. The molecule has 0 unspecified atom stereocenters. The summed E-state index contributed by atoms with van der Waals surface area (Å²) in [7, 11) is 0. The van der Waals surface area contributed by atoms with Gasteiger partial charge >= 0.3 is 6.03 Å². The summed E-state index contributed by atoms with van der Waals surface area (Å²) in [5, 5.41) is 5.94. The molecule has 0 spiro atoms. The summed E-state index contributed by atoms with van der Waals surface area (Å²) in [6.45, 7) is 5.27. The number of rotatable bonds is 4. The maximum atomic E-state index is 12.5. The molecule has 0 bridgehead atoms. The van der Waals surface area contributed by atoms with Gasteiger partial charge in [0.1, 0.15) is 0 Å². The molecule has 1 heterocycles. The Balaban J connectivity index is 1.63. The van der Waals surface area contributed by atoms with E-state index in [1.165, 1.54) is 11.1 Å². The van der Waals surface area contributed by atoms with E-state index in [-0.39, 0.29) is 30.4 Å². The lowest BCUT2D eigenvalue weighted by atomic mass is 10.1. The van der Waals surface area contributed by atoms with Crippen LogP contribution in [0.1, 0.15) is 37.8 Å². The van der Waals surface area contributed by atoms with Gasteiger partial charge in [-0.1, -0.05) is 12.1 Å². The second kappa shape index (κ2) is 7.87. The fourth-order valence-corrected chi connectivity index (χ4v) is 3.57. The van der Waals surface area contributed by atoms with Crippen molar-refractivity contribution in [2.75, 3.05) is 25.1 Å². The average Bonchev–Trinajstić information content (AvgIpc) is 3.04. The van der Waals surface area contributed by atoms with Gasteiger partial charge in [-0.15, -0.1) is 0 Å². The molecule has 1 fully saturated rings. The molecule has 6 heteroatoms. The number of anilines is 1. The molecule has 0 saturated carbocycles. The Hall–Kier alpha value is -2.08. The van der Waals surface area contributed by atoms with Gasteiger partial charge < -0.3 is 20.3 Å². The maximum Gasteiger partial charge on any atom is 0.318 e. The van der Waals surface area contributed by atoms with Crippen LogP contribution < -0.4 is 10.6 Å². The normalized spacial score (nSPS) is 19.6.